The smallest absolute Gasteiger partial charge is 0.275 e. The van der Waals surface area contributed by atoms with E-state index in [1.54, 1.807) is 49.4 Å². The van der Waals surface area contributed by atoms with E-state index in [0.29, 0.717) is 16.8 Å². The molecule has 9 aromatic rings. The van der Waals surface area contributed by atoms with Gasteiger partial charge in [-0.15, -0.1) is 21.5 Å². The van der Waals surface area contributed by atoms with Crippen LogP contribution in [0.4, 0.5) is 26.3 Å². The lowest BCUT2D eigenvalue weighted by molar-refractivity contribution is -0.138. The Morgan fingerprint density at radius 3 is 1.71 bits per heavy atom. The number of fused-ring (bicyclic) bond motifs is 2. The fourth-order valence-electron chi connectivity index (χ4n) is 7.40. The van der Waals surface area contributed by atoms with E-state index in [4.69, 9.17) is 4.98 Å². The van der Waals surface area contributed by atoms with Gasteiger partial charge in [-0.1, -0.05) is 66.7 Å². The predicted octanol–water partition coefficient (Wildman–Crippen LogP) is 14.0. The lowest BCUT2D eigenvalue weighted by Gasteiger charge is -2.16. The van der Waals surface area contributed by atoms with Gasteiger partial charge in [0.1, 0.15) is 5.01 Å². The second-order valence-corrected chi connectivity index (χ2v) is 15.2. The topological polar surface area (TPSA) is 43.6 Å². The van der Waals surface area contributed by atoms with Crippen molar-refractivity contribution in [2.45, 2.75) is 26.2 Å². The molecule has 58 heavy (non-hydrogen) atoms. The van der Waals surface area contributed by atoms with Gasteiger partial charge in [-0.3, -0.25) is 4.57 Å². The van der Waals surface area contributed by atoms with Crippen LogP contribution in [0.15, 0.2) is 146 Å². The van der Waals surface area contributed by atoms with Crippen molar-refractivity contribution in [1.29, 1.82) is 0 Å². The summed E-state index contributed by atoms with van der Waals surface area (Å²) in [5.74, 6) is 0.0891. The first-order valence-corrected chi connectivity index (χ1v) is 19.0. The predicted molar refractivity (Wildman–Crippen MR) is 219 cm³/mol. The fourth-order valence-corrected chi connectivity index (χ4v) is 8.36. The summed E-state index contributed by atoms with van der Waals surface area (Å²) in [5.41, 5.74) is 5.16. The van der Waals surface area contributed by atoms with E-state index in [0.717, 1.165) is 78.1 Å². The van der Waals surface area contributed by atoms with Crippen LogP contribution in [-0.4, -0.2) is 19.7 Å². The molecule has 2 aromatic heterocycles. The molecule has 7 aromatic carbocycles. The van der Waals surface area contributed by atoms with Gasteiger partial charge in [-0.2, -0.15) is 26.3 Å². The van der Waals surface area contributed by atoms with Crippen molar-refractivity contribution in [1.82, 2.24) is 19.7 Å². The van der Waals surface area contributed by atoms with Crippen molar-refractivity contribution in [2.75, 3.05) is 0 Å². The minimum absolute atomic E-state index is 0.0445. The average Bonchev–Trinajstić information content (AvgIpc) is 3.85. The van der Waals surface area contributed by atoms with Gasteiger partial charge in [0.15, 0.2) is 11.6 Å². The molecule has 0 saturated carbocycles. The number of thiazole rings is 1. The minimum Gasteiger partial charge on any atom is -0.275 e. The Morgan fingerprint density at radius 1 is 0.500 bits per heavy atom. The highest BCUT2D eigenvalue weighted by molar-refractivity contribution is 7.21. The maximum Gasteiger partial charge on any atom is 0.416 e. The SMILES string of the molecule is Cc1cc(-c2nnc(-c3cc(C)cc(C(F)(F)F)c3)n2-c2ccc(-c3cc(-c4nc5ccccc5s4)cc(-c4cccc5ccccc45)c3)cc2)cc(C(F)(F)F)c1. The van der Waals surface area contributed by atoms with Crippen molar-refractivity contribution in [3.63, 3.8) is 0 Å². The molecule has 0 fully saturated rings. The normalized spacial score (nSPS) is 12.1. The molecular weight excluding hydrogens is 767 g/mol. The molecule has 0 bridgehead atoms. The van der Waals surface area contributed by atoms with Crippen molar-refractivity contribution >= 4 is 32.3 Å². The largest absolute Gasteiger partial charge is 0.416 e. The summed E-state index contributed by atoms with van der Waals surface area (Å²) in [6.07, 6.45) is -9.28. The molecule has 0 unspecified atom stereocenters. The number of alkyl halides is 6. The van der Waals surface area contributed by atoms with Crippen molar-refractivity contribution in [3.05, 3.63) is 168 Å². The van der Waals surface area contributed by atoms with Crippen LogP contribution in [0.25, 0.3) is 82.3 Å². The van der Waals surface area contributed by atoms with E-state index >= 15 is 0 Å². The molecule has 11 heteroatoms. The molecule has 0 saturated heterocycles. The van der Waals surface area contributed by atoms with Gasteiger partial charge in [0.05, 0.1) is 21.3 Å². The highest BCUT2D eigenvalue weighted by atomic mass is 32.1. The van der Waals surface area contributed by atoms with Crippen LogP contribution in [0.1, 0.15) is 22.3 Å². The minimum atomic E-state index is -4.64. The van der Waals surface area contributed by atoms with Crippen LogP contribution in [-0.2, 0) is 12.4 Å². The number of nitrogens with zero attached hydrogens (tertiary/aromatic N) is 4. The Morgan fingerprint density at radius 2 is 1.07 bits per heavy atom. The Hall–Kier alpha value is -6.59. The van der Waals surface area contributed by atoms with Crippen LogP contribution >= 0.6 is 11.3 Å². The number of aryl methyl sites for hydroxylation is 2. The molecule has 4 nitrogen and oxygen atoms in total. The molecular formula is C47H30F6N4S. The van der Waals surface area contributed by atoms with E-state index in [9.17, 15) is 26.3 Å². The Bertz CT molecular complexity index is 2890. The summed E-state index contributed by atoms with van der Waals surface area (Å²) in [6.45, 7) is 3.08. The Kier molecular flexibility index (Phi) is 9.00. The van der Waals surface area contributed by atoms with Gasteiger partial charge >= 0.3 is 12.4 Å². The number of benzene rings is 7. The fraction of sp³-hybridized carbons (Fsp3) is 0.0851. The van der Waals surface area contributed by atoms with Crippen molar-refractivity contribution in [2.24, 2.45) is 0 Å². The molecule has 0 amide bonds. The molecule has 0 aliphatic carbocycles. The van der Waals surface area contributed by atoms with Crippen molar-refractivity contribution < 1.29 is 26.3 Å². The molecule has 0 radical (unpaired) electrons. The van der Waals surface area contributed by atoms with Gasteiger partial charge in [0, 0.05) is 22.4 Å². The number of aromatic nitrogens is 4. The number of halogens is 6. The second-order valence-electron chi connectivity index (χ2n) is 14.2. The summed E-state index contributed by atoms with van der Waals surface area (Å²) in [6, 6.07) is 43.1. The van der Waals surface area contributed by atoms with Crippen LogP contribution in [0.3, 0.4) is 0 Å². The van der Waals surface area contributed by atoms with E-state index in [-0.39, 0.29) is 22.8 Å². The van der Waals surface area contributed by atoms with Gasteiger partial charge < -0.3 is 0 Å². The van der Waals surface area contributed by atoms with Crippen LogP contribution < -0.4 is 0 Å². The van der Waals surface area contributed by atoms with Gasteiger partial charge in [-0.25, -0.2) is 4.98 Å². The molecule has 0 aliphatic rings. The zero-order valence-corrected chi connectivity index (χ0v) is 31.6. The standard InChI is InChI=1S/C47H30F6N4S/c1-27-18-33(25-36(20-27)46(48,49)50)43-55-56-44(34-19-28(2)21-37(26-34)47(51,52)53)57(43)38-16-14-29(15-17-38)31-22-32(40-11-7-9-30-8-3-4-10-39(30)40)24-35(23-31)45-54-41-12-5-6-13-42(41)58-45/h3-26H,1-2H3. The van der Waals surface area contributed by atoms with Crippen LogP contribution in [0.2, 0.25) is 0 Å². The number of para-hydroxylation sites is 1. The maximum absolute atomic E-state index is 14.0. The summed E-state index contributed by atoms with van der Waals surface area (Å²) in [4.78, 5) is 4.96. The lowest BCUT2D eigenvalue weighted by atomic mass is 9.93. The first kappa shape index (κ1) is 37.0. The molecule has 286 valence electrons. The summed E-state index contributed by atoms with van der Waals surface area (Å²) < 4.78 is 86.7. The first-order chi connectivity index (χ1) is 27.8. The monoisotopic (exact) mass is 796 g/mol. The summed E-state index contributed by atoms with van der Waals surface area (Å²) in [7, 11) is 0. The molecule has 0 aliphatic heterocycles. The molecule has 0 atom stereocenters. The second kappa shape index (κ2) is 14.1. The van der Waals surface area contributed by atoms with E-state index < -0.39 is 23.5 Å². The maximum atomic E-state index is 14.0. The average molecular weight is 797 g/mol. The Balaban J connectivity index is 1.22. The van der Waals surface area contributed by atoms with E-state index in [1.165, 1.54) is 4.57 Å². The highest BCUT2D eigenvalue weighted by Gasteiger charge is 2.33. The lowest BCUT2D eigenvalue weighted by Crippen LogP contribution is -2.07. The zero-order valence-electron chi connectivity index (χ0n) is 30.8. The number of hydrogen-bond donors (Lipinski definition) is 0. The van der Waals surface area contributed by atoms with Crippen molar-refractivity contribution in [3.8, 4) is 61.3 Å². The third kappa shape index (κ3) is 7.02. The third-order valence-corrected chi connectivity index (χ3v) is 11.1. The molecule has 9 rings (SSSR count). The van der Waals surface area contributed by atoms with E-state index in [1.807, 2.05) is 54.6 Å². The summed E-state index contributed by atoms with van der Waals surface area (Å²) in [5, 5.41) is 11.6. The van der Waals surface area contributed by atoms with Crippen LogP contribution in [0, 0.1) is 13.8 Å². The summed E-state index contributed by atoms with van der Waals surface area (Å²) >= 11 is 1.60. The number of hydrogen-bond acceptors (Lipinski definition) is 4. The molecule has 0 N–H and O–H groups in total. The molecule has 2 heterocycles. The third-order valence-electron chi connectivity index (χ3n) is 10.0. The quantitative estimate of drug-likeness (QED) is 0.157. The van der Waals surface area contributed by atoms with Gasteiger partial charge in [0.2, 0.25) is 0 Å². The van der Waals surface area contributed by atoms with Crippen LogP contribution in [0.5, 0.6) is 0 Å². The van der Waals surface area contributed by atoms with Gasteiger partial charge in [-0.05, 0) is 137 Å². The van der Waals surface area contributed by atoms with Gasteiger partial charge in [0.25, 0.3) is 0 Å². The Labute approximate surface area is 332 Å². The number of rotatable bonds is 6. The first-order valence-electron chi connectivity index (χ1n) is 18.2. The van der Waals surface area contributed by atoms with E-state index in [2.05, 4.69) is 52.7 Å². The zero-order chi connectivity index (χ0) is 40.3. The molecule has 0 spiro atoms. The highest BCUT2D eigenvalue weighted by Crippen LogP contribution is 2.40.